The Morgan fingerprint density at radius 3 is 2.82 bits per heavy atom. The van der Waals surface area contributed by atoms with Crippen LogP contribution in [0.1, 0.15) is 24.6 Å². The average molecular weight is 321 g/mol. The third-order valence-corrected chi connectivity index (χ3v) is 4.37. The van der Waals surface area contributed by atoms with E-state index in [1.54, 1.807) is 12.1 Å². The number of primary amides is 1. The van der Waals surface area contributed by atoms with Crippen LogP contribution in [0, 0.1) is 0 Å². The normalized spacial score (nSPS) is 17.3. The second kappa shape index (κ2) is 5.28. The van der Waals surface area contributed by atoms with Crippen molar-refractivity contribution in [1.82, 2.24) is 9.55 Å². The van der Waals surface area contributed by atoms with Gasteiger partial charge in [0.1, 0.15) is 5.82 Å². The minimum Gasteiger partial charge on any atom is -0.378 e. The molecule has 1 aliphatic rings. The van der Waals surface area contributed by atoms with Crippen molar-refractivity contribution in [1.29, 1.82) is 0 Å². The predicted molar refractivity (Wildman–Crippen MR) is 86.5 cm³/mol. The van der Waals surface area contributed by atoms with Gasteiger partial charge in [0.05, 0.1) is 21.8 Å². The van der Waals surface area contributed by atoms with Crippen LogP contribution in [-0.4, -0.2) is 29.6 Å². The lowest BCUT2D eigenvalue weighted by molar-refractivity contribution is -0.120. The van der Waals surface area contributed by atoms with Crippen molar-refractivity contribution < 1.29 is 4.79 Å². The first kappa shape index (κ1) is 14.8. The van der Waals surface area contributed by atoms with E-state index in [1.165, 1.54) is 4.57 Å². The zero-order chi connectivity index (χ0) is 16.0. The van der Waals surface area contributed by atoms with Gasteiger partial charge in [-0.25, -0.2) is 4.98 Å². The second-order valence-corrected chi connectivity index (χ2v) is 6.15. The summed E-state index contributed by atoms with van der Waals surface area (Å²) < 4.78 is 1.53. The zero-order valence-electron chi connectivity index (χ0n) is 12.5. The Hall–Kier alpha value is -2.08. The smallest absolute Gasteiger partial charge is 0.262 e. The summed E-state index contributed by atoms with van der Waals surface area (Å²) >= 11 is 6.28. The van der Waals surface area contributed by atoms with Crippen molar-refractivity contribution in [2.75, 3.05) is 19.0 Å². The van der Waals surface area contributed by atoms with Gasteiger partial charge in [0, 0.05) is 26.3 Å². The van der Waals surface area contributed by atoms with E-state index in [9.17, 15) is 9.59 Å². The summed E-state index contributed by atoms with van der Waals surface area (Å²) in [7, 11) is 3.77. The molecule has 1 aromatic carbocycles. The summed E-state index contributed by atoms with van der Waals surface area (Å²) in [6.07, 6.45) is 1.34. The van der Waals surface area contributed by atoms with E-state index >= 15 is 0 Å². The van der Waals surface area contributed by atoms with E-state index in [4.69, 9.17) is 17.3 Å². The van der Waals surface area contributed by atoms with Crippen LogP contribution in [0.3, 0.4) is 0 Å². The van der Waals surface area contributed by atoms with Crippen molar-refractivity contribution in [3.63, 3.8) is 0 Å². The van der Waals surface area contributed by atoms with Crippen LogP contribution in [0.2, 0.25) is 5.02 Å². The fourth-order valence-corrected chi connectivity index (χ4v) is 3.18. The van der Waals surface area contributed by atoms with Crippen molar-refractivity contribution in [3.8, 4) is 0 Å². The summed E-state index contributed by atoms with van der Waals surface area (Å²) in [5.74, 6) is -0.523. The molecule has 1 aliphatic heterocycles. The first-order valence-electron chi connectivity index (χ1n) is 7.10. The molecule has 0 bridgehead atoms. The SMILES string of the molecule is CN(C)c1cc(Cl)c2c(=O)n3c(nc2c1)C(C(N)=O)CCC3. The van der Waals surface area contributed by atoms with E-state index in [0.717, 1.165) is 12.1 Å². The summed E-state index contributed by atoms with van der Waals surface area (Å²) in [5, 5.41) is 0.760. The Balaban J connectivity index is 2.35. The van der Waals surface area contributed by atoms with Crippen LogP contribution in [0.5, 0.6) is 0 Å². The molecule has 116 valence electrons. The molecule has 1 aromatic heterocycles. The van der Waals surface area contributed by atoms with Crippen molar-refractivity contribution in [2.45, 2.75) is 25.3 Å². The van der Waals surface area contributed by atoms with E-state index in [2.05, 4.69) is 4.98 Å². The molecular weight excluding hydrogens is 304 g/mol. The molecule has 0 fully saturated rings. The maximum atomic E-state index is 12.7. The first-order chi connectivity index (χ1) is 10.4. The summed E-state index contributed by atoms with van der Waals surface area (Å²) in [4.78, 5) is 30.8. The molecule has 1 amide bonds. The number of nitrogens with two attached hydrogens (primary N) is 1. The van der Waals surface area contributed by atoms with Crippen LogP contribution >= 0.6 is 11.6 Å². The molecule has 1 unspecified atom stereocenters. The van der Waals surface area contributed by atoms with Crippen LogP contribution in [-0.2, 0) is 11.3 Å². The molecule has 2 heterocycles. The molecule has 2 aromatic rings. The van der Waals surface area contributed by atoms with Gasteiger partial charge in [0.25, 0.3) is 5.56 Å². The highest BCUT2D eigenvalue weighted by molar-refractivity contribution is 6.35. The minimum atomic E-state index is -0.521. The number of carbonyl (C=O) groups excluding carboxylic acids is 1. The number of nitrogens with zero attached hydrogens (tertiary/aromatic N) is 3. The number of rotatable bonds is 2. The first-order valence-corrected chi connectivity index (χ1v) is 7.48. The Morgan fingerprint density at radius 2 is 2.18 bits per heavy atom. The van der Waals surface area contributed by atoms with Crippen molar-refractivity contribution >= 4 is 34.1 Å². The lowest BCUT2D eigenvalue weighted by Gasteiger charge is -2.24. The summed E-state index contributed by atoms with van der Waals surface area (Å²) in [6.45, 7) is 0.534. The fourth-order valence-electron chi connectivity index (χ4n) is 2.89. The maximum Gasteiger partial charge on any atom is 0.262 e. The van der Waals surface area contributed by atoms with Crippen molar-refractivity contribution in [3.05, 3.63) is 33.3 Å². The van der Waals surface area contributed by atoms with Gasteiger partial charge >= 0.3 is 0 Å². The van der Waals surface area contributed by atoms with Gasteiger partial charge in [-0.15, -0.1) is 0 Å². The number of aromatic nitrogens is 2. The molecule has 0 spiro atoms. The number of amides is 1. The summed E-state index contributed by atoms with van der Waals surface area (Å²) in [6, 6.07) is 3.55. The van der Waals surface area contributed by atoms with Crippen LogP contribution < -0.4 is 16.2 Å². The number of fused-ring (bicyclic) bond motifs is 2. The number of hydrogen-bond acceptors (Lipinski definition) is 4. The van der Waals surface area contributed by atoms with Crippen LogP contribution in [0.15, 0.2) is 16.9 Å². The Kier molecular flexibility index (Phi) is 3.56. The standard InChI is InChI=1S/C15H17ClN4O2/c1-19(2)8-6-10(16)12-11(7-8)18-14-9(13(17)21)4-3-5-20(14)15(12)22/h6-7,9H,3-5H2,1-2H3,(H2,17,21). The lowest BCUT2D eigenvalue weighted by Crippen LogP contribution is -2.35. The number of anilines is 1. The van der Waals surface area contributed by atoms with Gasteiger partial charge in [0.2, 0.25) is 5.91 Å². The zero-order valence-corrected chi connectivity index (χ0v) is 13.2. The van der Waals surface area contributed by atoms with Crippen LogP contribution in [0.4, 0.5) is 5.69 Å². The molecule has 6 nitrogen and oxygen atoms in total. The predicted octanol–water partition coefficient (Wildman–Crippen LogP) is 1.48. The highest BCUT2D eigenvalue weighted by Crippen LogP contribution is 2.30. The van der Waals surface area contributed by atoms with Gasteiger partial charge in [0.15, 0.2) is 0 Å². The number of benzene rings is 1. The third kappa shape index (κ3) is 2.23. The molecule has 0 saturated carbocycles. The van der Waals surface area contributed by atoms with Gasteiger partial charge in [-0.3, -0.25) is 14.2 Å². The molecule has 0 saturated heterocycles. The highest BCUT2D eigenvalue weighted by atomic mass is 35.5. The second-order valence-electron chi connectivity index (χ2n) is 5.74. The Morgan fingerprint density at radius 1 is 1.45 bits per heavy atom. The van der Waals surface area contributed by atoms with E-state index < -0.39 is 11.8 Å². The molecule has 7 heteroatoms. The monoisotopic (exact) mass is 320 g/mol. The lowest BCUT2D eigenvalue weighted by atomic mass is 9.97. The Labute approximate surface area is 132 Å². The molecule has 1 atom stereocenters. The highest BCUT2D eigenvalue weighted by Gasteiger charge is 2.28. The van der Waals surface area contributed by atoms with Gasteiger partial charge in [-0.1, -0.05) is 11.6 Å². The largest absolute Gasteiger partial charge is 0.378 e. The summed E-state index contributed by atoms with van der Waals surface area (Å²) in [5.41, 5.74) is 6.60. The topological polar surface area (TPSA) is 81.2 Å². The number of carbonyl (C=O) groups is 1. The molecule has 22 heavy (non-hydrogen) atoms. The molecule has 3 rings (SSSR count). The molecule has 0 radical (unpaired) electrons. The van der Waals surface area contributed by atoms with E-state index in [-0.39, 0.29) is 5.56 Å². The minimum absolute atomic E-state index is 0.207. The number of halogens is 1. The van der Waals surface area contributed by atoms with E-state index in [0.29, 0.717) is 34.7 Å². The van der Waals surface area contributed by atoms with Crippen molar-refractivity contribution in [2.24, 2.45) is 5.73 Å². The molecule has 0 aliphatic carbocycles. The van der Waals surface area contributed by atoms with Crippen LogP contribution in [0.25, 0.3) is 10.9 Å². The molecule has 2 N–H and O–H groups in total. The molecular formula is C15H17ClN4O2. The third-order valence-electron chi connectivity index (χ3n) is 4.07. The van der Waals surface area contributed by atoms with Gasteiger partial charge in [-0.05, 0) is 25.0 Å². The fraction of sp³-hybridized carbons (Fsp3) is 0.400. The average Bonchev–Trinajstić information content (AvgIpc) is 2.46. The Bertz CT molecular complexity index is 828. The van der Waals surface area contributed by atoms with Gasteiger partial charge in [-0.2, -0.15) is 0 Å². The maximum absolute atomic E-state index is 12.7. The van der Waals surface area contributed by atoms with E-state index in [1.807, 2.05) is 19.0 Å². The quantitative estimate of drug-likeness (QED) is 0.908. The van der Waals surface area contributed by atoms with Gasteiger partial charge < -0.3 is 10.6 Å². The number of hydrogen-bond donors (Lipinski definition) is 1.